The van der Waals surface area contributed by atoms with Gasteiger partial charge in [-0.25, -0.2) is 0 Å². The van der Waals surface area contributed by atoms with Crippen molar-refractivity contribution in [2.75, 3.05) is 27.2 Å². The number of carbonyl (C=O) groups excluding carboxylic acids is 1. The first-order chi connectivity index (χ1) is 11.5. The molecule has 1 atom stereocenters. The number of benzene rings is 2. The topological polar surface area (TPSA) is 29.5 Å². The van der Waals surface area contributed by atoms with Crippen molar-refractivity contribution in [3.8, 4) is 5.75 Å². The number of rotatable bonds is 8. The van der Waals surface area contributed by atoms with E-state index in [1.807, 2.05) is 38.4 Å². The average molecular weight is 325 g/mol. The van der Waals surface area contributed by atoms with Crippen molar-refractivity contribution in [1.29, 1.82) is 0 Å². The van der Waals surface area contributed by atoms with E-state index in [9.17, 15) is 4.79 Å². The molecule has 0 N–H and O–H groups in total. The largest absolute Gasteiger partial charge is 0.492 e. The Labute approximate surface area is 145 Å². The summed E-state index contributed by atoms with van der Waals surface area (Å²) in [5.74, 6) is 0.879. The number of ether oxygens (including phenoxy) is 1. The van der Waals surface area contributed by atoms with E-state index in [0.29, 0.717) is 6.61 Å². The normalized spacial score (nSPS) is 12.2. The Morgan fingerprint density at radius 1 is 1.04 bits per heavy atom. The second-order valence-electron chi connectivity index (χ2n) is 6.41. The third-order valence-electron chi connectivity index (χ3n) is 4.15. The van der Waals surface area contributed by atoms with Crippen LogP contribution in [0.25, 0.3) is 0 Å². The van der Waals surface area contributed by atoms with Crippen LogP contribution in [0.4, 0.5) is 0 Å². The summed E-state index contributed by atoms with van der Waals surface area (Å²) in [7, 11) is 4.03. The predicted molar refractivity (Wildman–Crippen MR) is 99.0 cm³/mol. The molecule has 0 saturated heterocycles. The maximum Gasteiger partial charge on any atom is 0.170 e. The van der Waals surface area contributed by atoms with E-state index in [2.05, 4.69) is 43.0 Å². The average Bonchev–Trinajstić information content (AvgIpc) is 2.57. The summed E-state index contributed by atoms with van der Waals surface area (Å²) in [6, 6.07) is 15.7. The van der Waals surface area contributed by atoms with Crippen molar-refractivity contribution >= 4 is 5.78 Å². The lowest BCUT2D eigenvalue weighted by molar-refractivity contribution is 0.0957. The van der Waals surface area contributed by atoms with Gasteiger partial charge < -0.3 is 9.64 Å². The van der Waals surface area contributed by atoms with Crippen molar-refractivity contribution in [3.63, 3.8) is 0 Å². The van der Waals surface area contributed by atoms with Crippen molar-refractivity contribution in [1.82, 2.24) is 4.90 Å². The molecule has 0 spiro atoms. The van der Waals surface area contributed by atoms with Gasteiger partial charge in [-0.15, -0.1) is 0 Å². The molecule has 0 aromatic heterocycles. The number of Topliss-reactive ketones (excluding diaryl/α,β-unsaturated/α-hetero) is 1. The van der Waals surface area contributed by atoms with Gasteiger partial charge in [0.1, 0.15) is 12.4 Å². The molecule has 2 aromatic carbocycles. The van der Waals surface area contributed by atoms with Crippen molar-refractivity contribution in [3.05, 3.63) is 65.2 Å². The summed E-state index contributed by atoms with van der Waals surface area (Å²) >= 11 is 0. The lowest BCUT2D eigenvalue weighted by Crippen LogP contribution is -2.19. The van der Waals surface area contributed by atoms with Gasteiger partial charge in [-0.3, -0.25) is 4.79 Å². The van der Waals surface area contributed by atoms with Crippen LogP contribution in [0.15, 0.2) is 48.5 Å². The molecule has 3 heteroatoms. The second-order valence-corrected chi connectivity index (χ2v) is 6.41. The zero-order chi connectivity index (χ0) is 17.5. The lowest BCUT2D eigenvalue weighted by atomic mass is 9.88. The van der Waals surface area contributed by atoms with E-state index in [1.54, 1.807) is 0 Å². The standard InChI is InChI=1S/C21H27NO2/c1-5-20(17-8-6-16(2)7-9-17)21(23)18-10-12-19(13-11-18)24-15-14-22(3)4/h6-13,20H,5,14-15H2,1-4H3. The van der Waals surface area contributed by atoms with Gasteiger partial charge in [0.2, 0.25) is 0 Å². The third kappa shape index (κ3) is 4.93. The van der Waals surface area contributed by atoms with E-state index >= 15 is 0 Å². The van der Waals surface area contributed by atoms with Crippen LogP contribution in [0.2, 0.25) is 0 Å². The summed E-state index contributed by atoms with van der Waals surface area (Å²) in [4.78, 5) is 14.9. The van der Waals surface area contributed by atoms with Gasteiger partial charge >= 0.3 is 0 Å². The highest BCUT2D eigenvalue weighted by atomic mass is 16.5. The van der Waals surface area contributed by atoms with Crippen molar-refractivity contribution in [2.24, 2.45) is 0 Å². The van der Waals surface area contributed by atoms with Gasteiger partial charge in [0, 0.05) is 18.0 Å². The first-order valence-corrected chi connectivity index (χ1v) is 8.49. The minimum Gasteiger partial charge on any atom is -0.492 e. The van der Waals surface area contributed by atoms with Crippen LogP contribution in [-0.2, 0) is 0 Å². The Balaban J connectivity index is 2.06. The number of carbonyl (C=O) groups is 1. The molecule has 0 aliphatic carbocycles. The molecule has 0 saturated carbocycles. The van der Waals surface area contributed by atoms with E-state index in [1.165, 1.54) is 5.56 Å². The van der Waals surface area contributed by atoms with Crippen LogP contribution in [0.3, 0.4) is 0 Å². The maximum absolute atomic E-state index is 12.8. The van der Waals surface area contributed by atoms with Crippen LogP contribution >= 0.6 is 0 Å². The lowest BCUT2D eigenvalue weighted by Gasteiger charge is -2.15. The minimum absolute atomic E-state index is 0.0916. The van der Waals surface area contributed by atoms with E-state index in [4.69, 9.17) is 4.74 Å². The fourth-order valence-electron chi connectivity index (χ4n) is 2.63. The quantitative estimate of drug-likeness (QED) is 0.677. The second kappa shape index (κ2) is 8.65. The molecular formula is C21H27NO2. The first-order valence-electron chi connectivity index (χ1n) is 8.49. The van der Waals surface area contributed by atoms with E-state index in [-0.39, 0.29) is 11.7 Å². The molecule has 0 radical (unpaired) electrons. The van der Waals surface area contributed by atoms with Gasteiger partial charge in [-0.1, -0.05) is 36.8 Å². The van der Waals surface area contributed by atoms with Crippen molar-refractivity contribution in [2.45, 2.75) is 26.2 Å². The van der Waals surface area contributed by atoms with E-state index in [0.717, 1.165) is 29.8 Å². The zero-order valence-corrected chi connectivity index (χ0v) is 15.1. The summed E-state index contributed by atoms with van der Waals surface area (Å²) in [6.07, 6.45) is 0.795. The Kier molecular flexibility index (Phi) is 6.56. The Morgan fingerprint density at radius 2 is 1.67 bits per heavy atom. The maximum atomic E-state index is 12.8. The van der Waals surface area contributed by atoms with Crippen LogP contribution in [0.5, 0.6) is 5.75 Å². The zero-order valence-electron chi connectivity index (χ0n) is 15.1. The molecule has 24 heavy (non-hydrogen) atoms. The molecular weight excluding hydrogens is 298 g/mol. The van der Waals surface area contributed by atoms with E-state index < -0.39 is 0 Å². The fraction of sp³-hybridized carbons (Fsp3) is 0.381. The molecule has 3 nitrogen and oxygen atoms in total. The van der Waals surface area contributed by atoms with Gasteiger partial charge in [0.05, 0.1) is 0 Å². The number of likely N-dealkylation sites (N-methyl/N-ethyl adjacent to an activating group) is 1. The summed E-state index contributed by atoms with van der Waals surface area (Å²) in [5.41, 5.74) is 3.03. The highest BCUT2D eigenvalue weighted by Crippen LogP contribution is 2.25. The Bertz CT molecular complexity index is 645. The SMILES string of the molecule is CCC(C(=O)c1ccc(OCCN(C)C)cc1)c1ccc(C)cc1. The van der Waals surface area contributed by atoms with Crippen molar-refractivity contribution < 1.29 is 9.53 Å². The van der Waals surface area contributed by atoms with Gasteiger partial charge in [0.25, 0.3) is 0 Å². The molecule has 0 bridgehead atoms. The van der Waals surface area contributed by atoms with Crippen LogP contribution in [-0.4, -0.2) is 37.9 Å². The molecule has 2 rings (SSSR count). The molecule has 0 aliphatic heterocycles. The molecule has 2 aromatic rings. The molecule has 0 heterocycles. The van der Waals surface area contributed by atoms with Crippen LogP contribution < -0.4 is 4.74 Å². The summed E-state index contributed by atoms with van der Waals surface area (Å²) in [5, 5.41) is 0. The number of hydrogen-bond acceptors (Lipinski definition) is 3. The molecule has 1 unspecified atom stereocenters. The van der Waals surface area contributed by atoms with Crippen LogP contribution in [0.1, 0.15) is 40.7 Å². The summed E-state index contributed by atoms with van der Waals surface area (Å²) in [6.45, 7) is 5.62. The Morgan fingerprint density at radius 3 is 2.21 bits per heavy atom. The highest BCUT2D eigenvalue weighted by molar-refractivity contribution is 6.01. The predicted octanol–water partition coefficient (Wildman–Crippen LogP) is 4.31. The first kappa shape index (κ1) is 18.2. The van der Waals surface area contributed by atoms with Gasteiger partial charge in [-0.05, 0) is 57.3 Å². The number of aryl methyl sites for hydroxylation is 1. The monoisotopic (exact) mass is 325 g/mol. The third-order valence-corrected chi connectivity index (χ3v) is 4.15. The fourth-order valence-corrected chi connectivity index (χ4v) is 2.63. The number of ketones is 1. The van der Waals surface area contributed by atoms with Crippen LogP contribution in [0, 0.1) is 6.92 Å². The smallest absolute Gasteiger partial charge is 0.170 e. The van der Waals surface area contributed by atoms with Gasteiger partial charge in [0.15, 0.2) is 5.78 Å². The minimum atomic E-state index is -0.0916. The molecule has 0 amide bonds. The summed E-state index contributed by atoms with van der Waals surface area (Å²) < 4.78 is 5.68. The van der Waals surface area contributed by atoms with Gasteiger partial charge in [-0.2, -0.15) is 0 Å². The number of nitrogens with zero attached hydrogens (tertiary/aromatic N) is 1. The molecule has 0 aliphatic rings. The Hall–Kier alpha value is -2.13. The highest BCUT2D eigenvalue weighted by Gasteiger charge is 2.20. The number of hydrogen-bond donors (Lipinski definition) is 0. The molecule has 0 fully saturated rings. The molecule has 128 valence electrons.